The number of carbonyl (C=O) groups is 1. The number of primary amides is 1. The summed E-state index contributed by atoms with van der Waals surface area (Å²) in [6.45, 7) is 0. The number of ether oxygens (including phenoxy) is 2. The Labute approximate surface area is 166 Å². The third-order valence-electron chi connectivity index (χ3n) is 5.47. The van der Waals surface area contributed by atoms with Crippen molar-refractivity contribution in [1.29, 1.82) is 0 Å². The summed E-state index contributed by atoms with van der Waals surface area (Å²) in [5.41, 5.74) is 5.65. The van der Waals surface area contributed by atoms with Crippen LogP contribution >= 0.6 is 0 Å². The molecule has 0 saturated heterocycles. The molecule has 1 aromatic carbocycles. The molecule has 2 aromatic heterocycles. The molecule has 0 radical (unpaired) electrons. The quantitative estimate of drug-likeness (QED) is 0.700. The van der Waals surface area contributed by atoms with E-state index in [9.17, 15) is 9.59 Å². The zero-order chi connectivity index (χ0) is 20.5. The molecule has 0 aliphatic heterocycles. The molecule has 1 amide bonds. The minimum absolute atomic E-state index is 0.224. The Balaban J connectivity index is 0.000000286. The number of aryl methyl sites for hydroxylation is 1. The number of H-pyrrole nitrogens is 1. The maximum atomic E-state index is 12.1. The monoisotopic (exact) mass is 397 g/mol. The predicted molar refractivity (Wildman–Crippen MR) is 107 cm³/mol. The number of nitrogens with one attached hydrogen (secondary N) is 1. The van der Waals surface area contributed by atoms with Crippen LogP contribution in [0.4, 0.5) is 4.79 Å². The fourth-order valence-electron chi connectivity index (χ4n) is 3.87. The molecule has 2 heterocycles. The average Bonchev–Trinajstić information content (AvgIpc) is 3.10. The van der Waals surface area contributed by atoms with Crippen LogP contribution in [0.2, 0.25) is 0 Å². The number of benzene rings is 1. The van der Waals surface area contributed by atoms with E-state index in [-0.39, 0.29) is 11.3 Å². The van der Waals surface area contributed by atoms with Crippen molar-refractivity contribution in [3.05, 3.63) is 34.7 Å². The maximum absolute atomic E-state index is 12.1. The maximum Gasteiger partial charge on any atom is 0.409 e. The van der Waals surface area contributed by atoms with Gasteiger partial charge < -0.3 is 20.2 Å². The van der Waals surface area contributed by atoms with Crippen molar-refractivity contribution < 1.29 is 14.3 Å². The van der Waals surface area contributed by atoms with E-state index in [0.29, 0.717) is 28.2 Å². The van der Waals surface area contributed by atoms with E-state index in [2.05, 4.69) is 15.1 Å². The molecule has 9 heteroatoms. The van der Waals surface area contributed by atoms with E-state index in [1.807, 2.05) is 0 Å². The van der Waals surface area contributed by atoms with Gasteiger partial charge >= 0.3 is 6.09 Å². The molecular weight excluding hydrogens is 374 g/mol. The Morgan fingerprint density at radius 2 is 2.07 bits per heavy atom. The number of nitrogens with zero attached hydrogens (tertiary/aromatic N) is 3. The van der Waals surface area contributed by atoms with Gasteiger partial charge in [0.05, 0.1) is 18.9 Å². The number of hydrogen-bond acceptors (Lipinski definition) is 6. The molecule has 2 unspecified atom stereocenters. The first-order valence-electron chi connectivity index (χ1n) is 9.54. The van der Waals surface area contributed by atoms with Crippen LogP contribution in [-0.2, 0) is 7.05 Å². The van der Waals surface area contributed by atoms with Gasteiger partial charge in [0.1, 0.15) is 22.7 Å². The van der Waals surface area contributed by atoms with Crippen molar-refractivity contribution in [2.24, 2.45) is 24.6 Å². The topological polar surface area (TPSA) is 125 Å². The van der Waals surface area contributed by atoms with Crippen LogP contribution in [0.1, 0.15) is 25.7 Å². The summed E-state index contributed by atoms with van der Waals surface area (Å²) in [6.07, 6.45) is 6.76. The molecule has 2 atom stereocenters. The third-order valence-corrected chi connectivity index (χ3v) is 5.47. The minimum atomic E-state index is -0.928. The van der Waals surface area contributed by atoms with Gasteiger partial charge in [-0.3, -0.25) is 9.48 Å². The number of fused-ring (bicyclic) bond motifs is 2. The fourth-order valence-corrected chi connectivity index (χ4v) is 3.87. The highest BCUT2D eigenvalue weighted by molar-refractivity contribution is 5.77. The van der Waals surface area contributed by atoms with Gasteiger partial charge in [-0.25, -0.2) is 9.78 Å². The number of nitrogens with two attached hydrogens (primary N) is 1. The second-order valence-corrected chi connectivity index (χ2v) is 7.39. The number of carbonyl (C=O) groups excluding carboxylic acids is 1. The van der Waals surface area contributed by atoms with E-state index in [0.717, 1.165) is 0 Å². The molecule has 2 aliphatic carbocycles. The Kier molecular flexibility index (Phi) is 4.96. The predicted octanol–water partition coefficient (Wildman–Crippen LogP) is 2.60. The van der Waals surface area contributed by atoms with Gasteiger partial charge in [-0.05, 0) is 30.4 Å². The number of rotatable bonds is 3. The van der Waals surface area contributed by atoms with Crippen LogP contribution in [0.25, 0.3) is 22.4 Å². The molecule has 0 spiro atoms. The SMILES string of the molecule is C1CC2CC2C1.COc1cc(OC(N)=O)ccc1-c1nc2c(cnn2C)c(=O)[nH]1. The van der Waals surface area contributed by atoms with Crippen molar-refractivity contribution >= 4 is 17.1 Å². The average molecular weight is 397 g/mol. The smallest absolute Gasteiger partial charge is 0.409 e. The van der Waals surface area contributed by atoms with Gasteiger partial charge in [0.2, 0.25) is 0 Å². The molecule has 5 rings (SSSR count). The van der Waals surface area contributed by atoms with Gasteiger partial charge in [-0.15, -0.1) is 0 Å². The van der Waals surface area contributed by atoms with Crippen LogP contribution < -0.4 is 20.8 Å². The third kappa shape index (κ3) is 3.94. The standard InChI is InChI=1S/C14H13N5O4.C6H10/c1-19-12-9(6-16-19)13(20)18-11(17-12)8-4-3-7(23-14(15)21)5-10(8)22-2;1-2-5-4-6(5)3-1/h3-6H,1-2H3,(H2,15,21)(H,17,18,20);5-6H,1-4H2. The molecule has 29 heavy (non-hydrogen) atoms. The largest absolute Gasteiger partial charge is 0.496 e. The summed E-state index contributed by atoms with van der Waals surface area (Å²) in [5, 5.41) is 4.40. The van der Waals surface area contributed by atoms with Gasteiger partial charge in [0.15, 0.2) is 5.65 Å². The molecule has 3 N–H and O–H groups in total. The number of aromatic nitrogens is 4. The van der Waals surface area contributed by atoms with Crippen molar-refractivity contribution in [2.45, 2.75) is 25.7 Å². The van der Waals surface area contributed by atoms with Crippen LogP contribution in [0.3, 0.4) is 0 Å². The number of amides is 1. The molecule has 2 fully saturated rings. The second-order valence-electron chi connectivity index (χ2n) is 7.39. The Morgan fingerprint density at radius 1 is 1.31 bits per heavy atom. The van der Waals surface area contributed by atoms with Gasteiger partial charge in [-0.1, -0.05) is 19.3 Å². The summed E-state index contributed by atoms with van der Waals surface area (Å²) in [4.78, 5) is 30.0. The van der Waals surface area contributed by atoms with Crippen LogP contribution in [-0.4, -0.2) is 33.0 Å². The van der Waals surface area contributed by atoms with E-state index in [1.54, 1.807) is 32.4 Å². The molecule has 152 valence electrons. The van der Waals surface area contributed by atoms with E-state index < -0.39 is 6.09 Å². The van der Waals surface area contributed by atoms with Gasteiger partial charge in [-0.2, -0.15) is 5.10 Å². The van der Waals surface area contributed by atoms with Gasteiger partial charge in [0.25, 0.3) is 5.56 Å². The lowest BCUT2D eigenvalue weighted by atomic mass is 10.1. The zero-order valence-corrected chi connectivity index (χ0v) is 16.3. The summed E-state index contributed by atoms with van der Waals surface area (Å²) < 4.78 is 11.6. The van der Waals surface area contributed by atoms with Crippen molar-refractivity contribution in [3.63, 3.8) is 0 Å². The first-order valence-corrected chi connectivity index (χ1v) is 9.54. The van der Waals surface area contributed by atoms with E-state index in [4.69, 9.17) is 15.2 Å². The second kappa shape index (κ2) is 7.57. The highest BCUT2D eigenvalue weighted by atomic mass is 16.5. The van der Waals surface area contributed by atoms with Gasteiger partial charge in [0, 0.05) is 13.1 Å². The lowest BCUT2D eigenvalue weighted by Gasteiger charge is -2.10. The summed E-state index contributed by atoms with van der Waals surface area (Å²) >= 11 is 0. The Hall–Kier alpha value is -3.36. The molecule has 2 saturated carbocycles. The summed E-state index contributed by atoms with van der Waals surface area (Å²) in [7, 11) is 3.15. The number of hydrogen-bond donors (Lipinski definition) is 2. The van der Waals surface area contributed by atoms with Crippen LogP contribution in [0, 0.1) is 11.8 Å². The summed E-state index contributed by atoms with van der Waals surface area (Å²) in [5.74, 6) is 3.33. The number of methoxy groups -OCH3 is 1. The molecular formula is C20H23N5O4. The first kappa shape index (κ1) is 19.0. The highest BCUT2D eigenvalue weighted by Gasteiger charge is 2.40. The van der Waals surface area contributed by atoms with Crippen molar-refractivity contribution in [2.75, 3.05) is 7.11 Å². The lowest BCUT2D eigenvalue weighted by Crippen LogP contribution is -2.16. The minimum Gasteiger partial charge on any atom is -0.496 e. The molecule has 0 bridgehead atoms. The molecule has 3 aromatic rings. The van der Waals surface area contributed by atoms with Crippen molar-refractivity contribution in [1.82, 2.24) is 19.7 Å². The summed E-state index contributed by atoms with van der Waals surface area (Å²) in [6, 6.07) is 4.61. The highest BCUT2D eigenvalue weighted by Crippen LogP contribution is 2.51. The first-order chi connectivity index (χ1) is 14.0. The Bertz CT molecular complexity index is 1110. The zero-order valence-electron chi connectivity index (χ0n) is 16.3. The van der Waals surface area contributed by atoms with E-state index >= 15 is 0 Å². The van der Waals surface area contributed by atoms with Crippen molar-refractivity contribution in [3.8, 4) is 22.9 Å². The molecule has 9 nitrogen and oxygen atoms in total. The normalized spacial score (nSPS) is 19.2. The Morgan fingerprint density at radius 3 is 2.66 bits per heavy atom. The molecule has 2 aliphatic rings. The lowest BCUT2D eigenvalue weighted by molar-refractivity contribution is 0.210. The van der Waals surface area contributed by atoms with Crippen LogP contribution in [0.15, 0.2) is 29.2 Å². The number of aromatic amines is 1. The van der Waals surface area contributed by atoms with Crippen LogP contribution in [0.5, 0.6) is 11.5 Å². The van der Waals surface area contributed by atoms with E-state index in [1.165, 1.54) is 48.4 Å². The fraction of sp³-hybridized carbons (Fsp3) is 0.400.